The topological polar surface area (TPSA) is 207 Å². The summed E-state index contributed by atoms with van der Waals surface area (Å²) in [6.07, 6.45) is 37.9. The van der Waals surface area contributed by atoms with Crippen LogP contribution >= 0.6 is 0 Å². The SMILES string of the molecule is CCCCCCCCCCCCn1nc2nc3[n-]c(nc4nc(nc5[n-]c(nc1n2)c1cc(OCCCCCCCC)c(OCCCCCCCC)cc51)n(CCCCCCCCCCCC)n4)c1cc(C#N)c(C#N)cc31.[Zn+2]. The van der Waals surface area contributed by atoms with Crippen molar-refractivity contribution in [3.8, 4) is 23.6 Å². The first-order chi connectivity index (χ1) is 38.5. The quantitative estimate of drug-likeness (QED) is 0.0261. The molecule has 79 heavy (non-hydrogen) atoms. The van der Waals surface area contributed by atoms with Crippen molar-refractivity contribution in [3.63, 3.8) is 0 Å². The van der Waals surface area contributed by atoms with E-state index >= 15 is 0 Å². The first-order valence-corrected chi connectivity index (χ1v) is 30.6. The monoisotopic (exact) mass is 1120 g/mol. The largest absolute Gasteiger partial charge is 2.00 e. The van der Waals surface area contributed by atoms with E-state index in [0.29, 0.717) is 71.4 Å². The number of nitrogens with zero attached hydrogens (tertiary/aromatic N) is 14. The average Bonchev–Trinajstić information content (AvgIpc) is 4.42. The Morgan fingerprint density at radius 2 is 0.671 bits per heavy atom. The second-order valence-corrected chi connectivity index (χ2v) is 21.4. The van der Waals surface area contributed by atoms with E-state index in [4.69, 9.17) is 59.5 Å². The van der Waals surface area contributed by atoms with Crippen LogP contribution in [-0.2, 0) is 32.6 Å². The van der Waals surface area contributed by atoms with E-state index < -0.39 is 0 Å². The molecular formula is C62H88N14O2Zn. The molecule has 17 heteroatoms. The Balaban J connectivity index is 0.0000101. The fraction of sp³-hybridized carbons (Fsp3) is 0.645. The summed E-state index contributed by atoms with van der Waals surface area (Å²) >= 11 is 0. The third-order valence-electron chi connectivity index (χ3n) is 14.9. The van der Waals surface area contributed by atoms with Crippen LogP contribution in [0.5, 0.6) is 11.5 Å². The molecule has 0 aliphatic heterocycles. The van der Waals surface area contributed by atoms with Gasteiger partial charge in [-0.3, -0.25) is 0 Å². The van der Waals surface area contributed by atoms with Crippen LogP contribution in [0.4, 0.5) is 0 Å². The average molecular weight is 1130 g/mol. The third-order valence-corrected chi connectivity index (χ3v) is 14.9. The predicted octanol–water partition coefficient (Wildman–Crippen LogP) is 16.0. The molecule has 0 fully saturated rings. The van der Waals surface area contributed by atoms with Crippen LogP contribution in [-0.4, -0.2) is 62.7 Å². The Morgan fingerprint density at radius 1 is 0.380 bits per heavy atom. The Kier molecular flexibility index (Phi) is 27.7. The fourth-order valence-corrected chi connectivity index (χ4v) is 10.3. The van der Waals surface area contributed by atoms with Gasteiger partial charge in [0.2, 0.25) is 0 Å². The summed E-state index contributed by atoms with van der Waals surface area (Å²) in [6.45, 7) is 11.3. The van der Waals surface area contributed by atoms with E-state index in [9.17, 15) is 10.5 Å². The number of benzene rings is 2. The number of ether oxygens (including phenoxy) is 2. The van der Waals surface area contributed by atoms with E-state index in [2.05, 4.69) is 39.8 Å². The van der Waals surface area contributed by atoms with Gasteiger partial charge in [0, 0.05) is 35.7 Å². The molecule has 5 aromatic heterocycles. The van der Waals surface area contributed by atoms with Gasteiger partial charge < -0.3 is 39.4 Å². The summed E-state index contributed by atoms with van der Waals surface area (Å²) in [5.74, 6) is 2.29. The fourth-order valence-electron chi connectivity index (χ4n) is 10.3. The van der Waals surface area contributed by atoms with Crippen molar-refractivity contribution >= 4 is 67.2 Å². The molecule has 16 nitrogen and oxygen atoms in total. The van der Waals surface area contributed by atoms with Crippen LogP contribution in [0.25, 0.3) is 67.2 Å². The Hall–Kier alpha value is -5.80. The molecule has 8 bridgehead atoms. The van der Waals surface area contributed by atoms with Crippen LogP contribution in [0.2, 0.25) is 0 Å². The van der Waals surface area contributed by atoms with Crippen LogP contribution < -0.4 is 19.4 Å². The summed E-state index contributed by atoms with van der Waals surface area (Å²) in [5, 5.41) is 32.6. The van der Waals surface area contributed by atoms with E-state index in [1.54, 1.807) is 12.1 Å². The van der Waals surface area contributed by atoms with Gasteiger partial charge in [0.15, 0.2) is 34.6 Å². The maximum Gasteiger partial charge on any atom is 2.00 e. The second kappa shape index (κ2) is 35.0. The van der Waals surface area contributed by atoms with Crippen molar-refractivity contribution in [2.24, 2.45) is 0 Å². The maximum atomic E-state index is 10.1. The van der Waals surface area contributed by atoms with E-state index in [-0.39, 0.29) is 53.5 Å². The molecule has 5 heterocycles. The molecule has 7 aromatic rings. The second-order valence-electron chi connectivity index (χ2n) is 21.4. The molecule has 0 radical (unpaired) electrons. The van der Waals surface area contributed by atoms with Gasteiger partial charge in [-0.1, -0.05) is 207 Å². The summed E-state index contributed by atoms with van der Waals surface area (Å²) in [4.78, 5) is 40.3. The number of rotatable bonds is 38. The van der Waals surface area contributed by atoms with Gasteiger partial charge in [-0.25, -0.2) is 19.3 Å². The van der Waals surface area contributed by atoms with Crippen molar-refractivity contribution < 1.29 is 29.0 Å². The molecule has 0 unspecified atom stereocenters. The minimum Gasteiger partial charge on any atom is -0.490 e. The van der Waals surface area contributed by atoms with Crippen molar-refractivity contribution in [3.05, 3.63) is 35.4 Å². The van der Waals surface area contributed by atoms with Gasteiger partial charge in [-0.15, -0.1) is 10.2 Å². The van der Waals surface area contributed by atoms with Crippen LogP contribution in [0.1, 0.15) is 244 Å². The number of hydrogen-bond acceptors (Lipinski definition) is 12. The molecular weight excluding hydrogens is 1040 g/mol. The molecule has 2 aromatic carbocycles. The Labute approximate surface area is 482 Å². The molecule has 0 saturated heterocycles. The van der Waals surface area contributed by atoms with Crippen LogP contribution in [0.15, 0.2) is 24.3 Å². The van der Waals surface area contributed by atoms with Crippen molar-refractivity contribution in [1.82, 2.24) is 59.4 Å². The molecule has 0 saturated carbocycles. The summed E-state index contributed by atoms with van der Waals surface area (Å²) in [7, 11) is 0. The zero-order valence-corrected chi connectivity index (χ0v) is 51.5. The number of unbranched alkanes of at least 4 members (excludes halogenated alkanes) is 28. The molecule has 7 rings (SSSR count). The van der Waals surface area contributed by atoms with E-state index in [1.807, 2.05) is 21.5 Å². The molecule has 0 N–H and O–H groups in total. The molecule has 0 aliphatic rings. The smallest absolute Gasteiger partial charge is 0.490 e. The first kappa shape index (κ1) is 62.4. The standard InChI is InChI=1S/C62H88N14O2.Zn/c1-5-9-13-17-21-23-25-27-29-33-37-75-61-69-57-51-43-53(77-39-35-31-19-15-11-7-3)54(78-40-36-32-20-16-12-8-4)44-52(51)58(66-57)70-62-72-60(74-76(62)38-34-30-28-26-24-22-18-14-10-6-2)68-56-50-42-48(46-64)47(45-63)41-49(50)55(65-56)67-59(71-61)73-75;/h41-44H,5-40H2,1-4H3;/q-2;+2. The molecule has 0 amide bonds. The van der Waals surface area contributed by atoms with Gasteiger partial charge in [0.05, 0.1) is 24.3 Å². The first-order valence-electron chi connectivity index (χ1n) is 30.6. The number of hydrogen-bond donors (Lipinski definition) is 0. The summed E-state index contributed by atoms with van der Waals surface area (Å²) < 4.78 is 16.9. The van der Waals surface area contributed by atoms with Crippen molar-refractivity contribution in [2.45, 2.75) is 246 Å². The maximum absolute atomic E-state index is 10.1. The summed E-state index contributed by atoms with van der Waals surface area (Å²) in [5.41, 5.74) is 1.76. The number of fused-ring (bicyclic) bond motifs is 14. The predicted molar refractivity (Wildman–Crippen MR) is 314 cm³/mol. The normalized spacial score (nSPS) is 11.5. The zero-order chi connectivity index (χ0) is 54.6. The van der Waals surface area contributed by atoms with Gasteiger partial charge in [-0.05, 0) is 71.5 Å². The number of aromatic nitrogens is 12. The molecule has 0 aliphatic carbocycles. The Morgan fingerprint density at radius 3 is 1.00 bits per heavy atom. The van der Waals surface area contributed by atoms with E-state index in [1.165, 1.54) is 141 Å². The molecule has 0 atom stereocenters. The zero-order valence-electron chi connectivity index (χ0n) is 48.5. The van der Waals surface area contributed by atoms with Gasteiger partial charge in [0.25, 0.3) is 0 Å². The minimum atomic E-state index is 0. The molecule has 420 valence electrons. The van der Waals surface area contributed by atoms with E-state index in [0.717, 1.165) is 75.0 Å². The number of nitriles is 2. The molecule has 0 spiro atoms. The number of aryl methyl sites for hydroxylation is 2. The Bertz CT molecular complexity index is 2920. The van der Waals surface area contributed by atoms with Gasteiger partial charge >= 0.3 is 19.5 Å². The summed E-state index contributed by atoms with van der Waals surface area (Å²) in [6, 6.07) is 11.6. The minimum absolute atomic E-state index is 0. The van der Waals surface area contributed by atoms with Crippen LogP contribution in [0, 0.1) is 22.7 Å². The van der Waals surface area contributed by atoms with Gasteiger partial charge in [-0.2, -0.15) is 10.5 Å². The third kappa shape index (κ3) is 19.2. The van der Waals surface area contributed by atoms with Crippen LogP contribution in [0.3, 0.4) is 0 Å². The van der Waals surface area contributed by atoms with Gasteiger partial charge in [0.1, 0.15) is 12.1 Å². The van der Waals surface area contributed by atoms with Crippen molar-refractivity contribution in [1.29, 1.82) is 10.5 Å². The van der Waals surface area contributed by atoms with Crippen molar-refractivity contribution in [2.75, 3.05) is 13.2 Å².